The predicted molar refractivity (Wildman–Crippen MR) is 89.7 cm³/mol. The Balaban J connectivity index is 1.77. The van der Waals surface area contributed by atoms with Crippen LogP contribution in [-0.4, -0.2) is 11.5 Å². The van der Waals surface area contributed by atoms with Gasteiger partial charge in [0.1, 0.15) is 0 Å². The number of fused-ring (bicyclic) bond motifs is 1. The maximum absolute atomic E-state index is 4.35. The number of nitrogens with zero attached hydrogens (tertiary/aromatic N) is 1. The Labute approximate surface area is 125 Å². The Morgan fingerprint density at radius 2 is 1.76 bits per heavy atom. The van der Waals surface area contributed by atoms with Gasteiger partial charge in [0, 0.05) is 29.2 Å². The number of hydrogen-bond donors (Lipinski definition) is 1. The summed E-state index contributed by atoms with van der Waals surface area (Å²) < 4.78 is 0. The molecule has 0 radical (unpaired) electrons. The van der Waals surface area contributed by atoms with Crippen LogP contribution in [0, 0.1) is 0 Å². The molecule has 1 N–H and O–H groups in total. The second-order valence-electron chi connectivity index (χ2n) is 6.01. The van der Waals surface area contributed by atoms with E-state index in [1.165, 1.54) is 10.9 Å². The molecule has 0 amide bonds. The fraction of sp³-hybridized carbons (Fsp3) is 0.211. The van der Waals surface area contributed by atoms with Crippen molar-refractivity contribution in [1.29, 1.82) is 0 Å². The molecule has 0 aliphatic carbocycles. The molecule has 0 bridgehead atoms. The number of anilines is 1. The lowest BCUT2D eigenvalue weighted by molar-refractivity contribution is 0.557. The molecule has 3 aromatic rings. The zero-order valence-corrected chi connectivity index (χ0v) is 12.5. The normalized spacial score (nSPS) is 11.5. The Kier molecular flexibility index (Phi) is 3.61. The van der Waals surface area contributed by atoms with E-state index in [2.05, 4.69) is 78.7 Å². The monoisotopic (exact) mass is 276 g/mol. The fourth-order valence-electron chi connectivity index (χ4n) is 2.50. The lowest BCUT2D eigenvalue weighted by atomic mass is 9.84. The molecule has 0 unspecified atom stereocenters. The van der Waals surface area contributed by atoms with Crippen molar-refractivity contribution in [1.82, 2.24) is 4.98 Å². The molecule has 2 aromatic carbocycles. The zero-order valence-electron chi connectivity index (χ0n) is 12.5. The zero-order chi connectivity index (χ0) is 14.7. The summed E-state index contributed by atoms with van der Waals surface area (Å²) >= 11 is 0. The van der Waals surface area contributed by atoms with Crippen LogP contribution in [0.1, 0.15) is 19.4 Å². The average Bonchev–Trinajstić information content (AvgIpc) is 2.54. The molecule has 0 saturated carbocycles. The summed E-state index contributed by atoms with van der Waals surface area (Å²) in [5.74, 6) is 0. The van der Waals surface area contributed by atoms with Gasteiger partial charge in [0.2, 0.25) is 0 Å². The third-order valence-corrected chi connectivity index (χ3v) is 3.89. The van der Waals surface area contributed by atoms with Gasteiger partial charge in [-0.1, -0.05) is 50.2 Å². The van der Waals surface area contributed by atoms with Crippen LogP contribution in [0.3, 0.4) is 0 Å². The molecule has 106 valence electrons. The van der Waals surface area contributed by atoms with Crippen molar-refractivity contribution < 1.29 is 0 Å². The van der Waals surface area contributed by atoms with E-state index in [4.69, 9.17) is 0 Å². The number of hydrogen-bond acceptors (Lipinski definition) is 2. The molecular weight excluding hydrogens is 256 g/mol. The highest BCUT2D eigenvalue weighted by Crippen LogP contribution is 2.24. The van der Waals surface area contributed by atoms with E-state index < -0.39 is 0 Å². The quantitative estimate of drug-likeness (QED) is 0.752. The van der Waals surface area contributed by atoms with Crippen molar-refractivity contribution in [3.8, 4) is 0 Å². The van der Waals surface area contributed by atoms with E-state index in [-0.39, 0.29) is 5.41 Å². The van der Waals surface area contributed by atoms with Crippen LogP contribution in [0.4, 0.5) is 5.69 Å². The lowest BCUT2D eigenvalue weighted by Gasteiger charge is -2.26. The highest BCUT2D eigenvalue weighted by Gasteiger charge is 2.19. The smallest absolute Gasteiger partial charge is 0.0703 e. The Bertz CT molecular complexity index is 733. The number of aromatic nitrogens is 1. The number of benzene rings is 2. The Morgan fingerprint density at radius 3 is 2.57 bits per heavy atom. The predicted octanol–water partition coefficient (Wildman–Crippen LogP) is 4.62. The summed E-state index contributed by atoms with van der Waals surface area (Å²) in [4.78, 5) is 4.35. The molecule has 3 rings (SSSR count). The van der Waals surface area contributed by atoms with Crippen molar-refractivity contribution in [2.75, 3.05) is 11.9 Å². The molecule has 0 aliphatic heterocycles. The molecule has 1 aromatic heterocycles. The SMILES string of the molecule is CC(C)(CNc1ccc2ncccc2c1)c1ccccc1. The van der Waals surface area contributed by atoms with Crippen molar-refractivity contribution in [2.24, 2.45) is 0 Å². The van der Waals surface area contributed by atoms with E-state index in [9.17, 15) is 0 Å². The first-order chi connectivity index (χ1) is 10.1. The van der Waals surface area contributed by atoms with E-state index >= 15 is 0 Å². The minimum Gasteiger partial charge on any atom is -0.384 e. The number of pyridine rings is 1. The molecule has 0 aliphatic rings. The topological polar surface area (TPSA) is 24.9 Å². The van der Waals surface area contributed by atoms with Crippen molar-refractivity contribution >= 4 is 16.6 Å². The molecule has 1 heterocycles. The van der Waals surface area contributed by atoms with Gasteiger partial charge >= 0.3 is 0 Å². The van der Waals surface area contributed by atoms with Crippen LogP contribution in [0.25, 0.3) is 10.9 Å². The van der Waals surface area contributed by atoms with E-state index in [0.717, 1.165) is 17.7 Å². The van der Waals surface area contributed by atoms with Gasteiger partial charge in [-0.3, -0.25) is 4.98 Å². The third kappa shape index (κ3) is 3.05. The van der Waals surface area contributed by atoms with Crippen LogP contribution < -0.4 is 5.32 Å². The molecule has 0 atom stereocenters. The van der Waals surface area contributed by atoms with Gasteiger partial charge in [-0.05, 0) is 29.8 Å². The standard InChI is InChI=1S/C19H20N2/c1-19(2,16-8-4-3-5-9-16)14-21-17-10-11-18-15(13-17)7-6-12-20-18/h3-13,21H,14H2,1-2H3. The molecule has 2 nitrogen and oxygen atoms in total. The van der Waals surface area contributed by atoms with Crippen LogP contribution in [-0.2, 0) is 5.41 Å². The second kappa shape index (κ2) is 5.57. The van der Waals surface area contributed by atoms with Gasteiger partial charge in [0.05, 0.1) is 5.52 Å². The largest absolute Gasteiger partial charge is 0.384 e. The van der Waals surface area contributed by atoms with Gasteiger partial charge < -0.3 is 5.32 Å². The van der Waals surface area contributed by atoms with Crippen molar-refractivity contribution in [3.05, 3.63) is 72.4 Å². The van der Waals surface area contributed by atoms with Crippen molar-refractivity contribution in [2.45, 2.75) is 19.3 Å². The maximum atomic E-state index is 4.35. The fourth-order valence-corrected chi connectivity index (χ4v) is 2.50. The summed E-state index contributed by atoms with van der Waals surface area (Å²) in [7, 11) is 0. The number of rotatable bonds is 4. The molecule has 0 fully saturated rings. The molecule has 0 spiro atoms. The molecule has 2 heteroatoms. The van der Waals surface area contributed by atoms with Gasteiger partial charge in [-0.2, -0.15) is 0 Å². The van der Waals surface area contributed by atoms with E-state index in [1.807, 2.05) is 12.3 Å². The van der Waals surface area contributed by atoms with Crippen molar-refractivity contribution in [3.63, 3.8) is 0 Å². The Morgan fingerprint density at radius 1 is 0.952 bits per heavy atom. The summed E-state index contributed by atoms with van der Waals surface area (Å²) in [6, 6.07) is 21.0. The first-order valence-electron chi connectivity index (χ1n) is 7.29. The van der Waals surface area contributed by atoms with E-state index in [0.29, 0.717) is 0 Å². The third-order valence-electron chi connectivity index (χ3n) is 3.89. The molecular formula is C19H20N2. The van der Waals surface area contributed by atoms with Crippen LogP contribution >= 0.6 is 0 Å². The van der Waals surface area contributed by atoms with Gasteiger partial charge in [0.25, 0.3) is 0 Å². The average molecular weight is 276 g/mol. The van der Waals surface area contributed by atoms with E-state index in [1.54, 1.807) is 0 Å². The highest BCUT2D eigenvalue weighted by atomic mass is 14.9. The first kappa shape index (κ1) is 13.6. The van der Waals surface area contributed by atoms with Crippen LogP contribution in [0.15, 0.2) is 66.9 Å². The van der Waals surface area contributed by atoms with Crippen LogP contribution in [0.5, 0.6) is 0 Å². The van der Waals surface area contributed by atoms with Gasteiger partial charge in [0.15, 0.2) is 0 Å². The van der Waals surface area contributed by atoms with Gasteiger partial charge in [-0.25, -0.2) is 0 Å². The Hall–Kier alpha value is -2.35. The summed E-state index contributed by atoms with van der Waals surface area (Å²) in [6.45, 7) is 5.42. The number of nitrogens with one attached hydrogen (secondary N) is 1. The molecule has 21 heavy (non-hydrogen) atoms. The molecule has 0 saturated heterocycles. The minimum absolute atomic E-state index is 0.0884. The summed E-state index contributed by atoms with van der Waals surface area (Å²) in [6.07, 6.45) is 1.83. The highest BCUT2D eigenvalue weighted by molar-refractivity contribution is 5.82. The lowest BCUT2D eigenvalue weighted by Crippen LogP contribution is -2.27. The van der Waals surface area contributed by atoms with Crippen LogP contribution in [0.2, 0.25) is 0 Å². The minimum atomic E-state index is 0.0884. The summed E-state index contributed by atoms with van der Waals surface area (Å²) in [5, 5.41) is 4.71. The van der Waals surface area contributed by atoms with Gasteiger partial charge in [-0.15, -0.1) is 0 Å². The summed E-state index contributed by atoms with van der Waals surface area (Å²) in [5.41, 5.74) is 3.61. The first-order valence-corrected chi connectivity index (χ1v) is 7.29. The second-order valence-corrected chi connectivity index (χ2v) is 6.01. The maximum Gasteiger partial charge on any atom is 0.0703 e.